The molecule has 2 heterocycles. The number of hydrogen-bond donors (Lipinski definition) is 1. The first-order chi connectivity index (χ1) is 6.16. The number of imidazole rings is 1. The van der Waals surface area contributed by atoms with E-state index >= 15 is 0 Å². The van der Waals surface area contributed by atoms with Crippen molar-refractivity contribution in [2.24, 2.45) is 12.8 Å². The molecule has 0 atom stereocenters. The number of likely N-dealkylation sites (tertiary alicyclic amines) is 1. The molecule has 0 saturated carbocycles. The van der Waals surface area contributed by atoms with Crippen LogP contribution in [0, 0.1) is 0 Å². The van der Waals surface area contributed by atoms with Gasteiger partial charge in [0.05, 0.1) is 12.7 Å². The highest BCUT2D eigenvalue weighted by Gasteiger charge is 2.23. The summed E-state index contributed by atoms with van der Waals surface area (Å²) in [6.45, 7) is 2.77. The molecule has 0 radical (unpaired) electrons. The number of halogens is 1. The van der Waals surface area contributed by atoms with Gasteiger partial charge in [0.15, 0.2) is 0 Å². The standard InChI is InChI=1S/C8H13ClN4/c1-12-7(9)2-11-8(12)5-13-3-6(10)4-13/h2,6H,3-5,10H2,1H3. The quantitative estimate of drug-likeness (QED) is 0.743. The van der Waals surface area contributed by atoms with Crippen LogP contribution in [0.15, 0.2) is 6.20 Å². The lowest BCUT2D eigenvalue weighted by atomic mass is 10.1. The van der Waals surface area contributed by atoms with Crippen LogP contribution in [0.1, 0.15) is 5.82 Å². The average Bonchev–Trinajstić information content (AvgIpc) is 2.33. The zero-order valence-corrected chi connectivity index (χ0v) is 8.33. The molecule has 1 aliphatic rings. The summed E-state index contributed by atoms with van der Waals surface area (Å²) in [6, 6.07) is 0.343. The molecule has 2 N–H and O–H groups in total. The van der Waals surface area contributed by atoms with E-state index in [0.717, 1.165) is 25.5 Å². The van der Waals surface area contributed by atoms with Gasteiger partial charge in [0, 0.05) is 26.2 Å². The molecule has 1 aliphatic heterocycles. The minimum atomic E-state index is 0.343. The lowest BCUT2D eigenvalue weighted by Gasteiger charge is -2.36. The molecular formula is C8H13ClN4. The molecule has 2 rings (SSSR count). The van der Waals surface area contributed by atoms with Crippen LogP contribution >= 0.6 is 11.6 Å². The first kappa shape index (κ1) is 8.99. The number of nitrogens with two attached hydrogens (primary N) is 1. The molecule has 1 fully saturated rings. The molecule has 0 amide bonds. The van der Waals surface area contributed by atoms with Crippen LogP contribution in [-0.2, 0) is 13.6 Å². The molecular weight excluding hydrogens is 188 g/mol. The predicted molar refractivity (Wildman–Crippen MR) is 51.5 cm³/mol. The van der Waals surface area contributed by atoms with Gasteiger partial charge in [-0.05, 0) is 0 Å². The lowest BCUT2D eigenvalue weighted by molar-refractivity contribution is 0.137. The topological polar surface area (TPSA) is 47.1 Å². The highest BCUT2D eigenvalue weighted by molar-refractivity contribution is 6.29. The SMILES string of the molecule is Cn1c(Cl)cnc1CN1CC(N)C1. The maximum absolute atomic E-state index is 5.86. The Kier molecular flexibility index (Phi) is 2.27. The smallest absolute Gasteiger partial charge is 0.128 e. The van der Waals surface area contributed by atoms with Gasteiger partial charge in [0.2, 0.25) is 0 Å². The zero-order valence-electron chi connectivity index (χ0n) is 7.57. The Labute approximate surface area is 82.3 Å². The van der Waals surface area contributed by atoms with E-state index in [4.69, 9.17) is 17.3 Å². The lowest BCUT2D eigenvalue weighted by Crippen LogP contribution is -2.55. The second-order valence-corrected chi connectivity index (χ2v) is 3.90. The molecule has 5 heteroatoms. The molecule has 0 unspecified atom stereocenters. The van der Waals surface area contributed by atoms with Crippen molar-refractivity contribution in [1.82, 2.24) is 14.5 Å². The van der Waals surface area contributed by atoms with Crippen molar-refractivity contribution in [2.45, 2.75) is 12.6 Å². The zero-order chi connectivity index (χ0) is 9.42. The second kappa shape index (κ2) is 3.29. The van der Waals surface area contributed by atoms with Crippen LogP contribution in [0.4, 0.5) is 0 Å². The summed E-state index contributed by atoms with van der Waals surface area (Å²) in [5, 5.41) is 0.680. The molecule has 0 aliphatic carbocycles. The predicted octanol–water partition coefficient (Wildman–Crippen LogP) is 0.216. The fourth-order valence-corrected chi connectivity index (χ4v) is 1.66. The molecule has 1 aromatic rings. The summed E-state index contributed by atoms with van der Waals surface area (Å²) in [5.41, 5.74) is 5.67. The van der Waals surface area contributed by atoms with Crippen molar-refractivity contribution in [3.05, 3.63) is 17.2 Å². The van der Waals surface area contributed by atoms with Gasteiger partial charge >= 0.3 is 0 Å². The van der Waals surface area contributed by atoms with Crippen molar-refractivity contribution in [3.8, 4) is 0 Å². The summed E-state index contributed by atoms with van der Waals surface area (Å²) in [6.07, 6.45) is 1.68. The van der Waals surface area contributed by atoms with Gasteiger partial charge in [-0.15, -0.1) is 0 Å². The first-order valence-corrected chi connectivity index (χ1v) is 4.68. The fourth-order valence-electron chi connectivity index (χ4n) is 1.51. The van der Waals surface area contributed by atoms with Gasteiger partial charge in [-0.2, -0.15) is 0 Å². The maximum atomic E-state index is 5.86. The minimum Gasteiger partial charge on any atom is -0.325 e. The van der Waals surface area contributed by atoms with E-state index in [-0.39, 0.29) is 0 Å². The van der Waals surface area contributed by atoms with E-state index in [1.165, 1.54) is 0 Å². The van der Waals surface area contributed by atoms with Gasteiger partial charge in [-0.25, -0.2) is 4.98 Å². The monoisotopic (exact) mass is 200 g/mol. The van der Waals surface area contributed by atoms with E-state index in [2.05, 4.69) is 9.88 Å². The molecule has 4 nitrogen and oxygen atoms in total. The first-order valence-electron chi connectivity index (χ1n) is 4.31. The van der Waals surface area contributed by atoms with Crippen LogP contribution in [0.25, 0.3) is 0 Å². The van der Waals surface area contributed by atoms with Crippen LogP contribution in [-0.4, -0.2) is 33.6 Å². The van der Waals surface area contributed by atoms with Gasteiger partial charge in [-0.3, -0.25) is 4.90 Å². The van der Waals surface area contributed by atoms with E-state index in [9.17, 15) is 0 Å². The third-order valence-electron chi connectivity index (χ3n) is 2.38. The maximum Gasteiger partial charge on any atom is 0.128 e. The van der Waals surface area contributed by atoms with E-state index in [1.807, 2.05) is 11.6 Å². The molecule has 13 heavy (non-hydrogen) atoms. The summed E-state index contributed by atoms with van der Waals surface area (Å²) >= 11 is 5.86. The summed E-state index contributed by atoms with van der Waals surface area (Å²) in [5.74, 6) is 0.997. The number of hydrogen-bond acceptors (Lipinski definition) is 3. The molecule has 72 valence electrons. The number of rotatable bonds is 2. The van der Waals surface area contributed by atoms with Gasteiger partial charge in [0.1, 0.15) is 11.0 Å². The Bertz CT molecular complexity index is 303. The fraction of sp³-hybridized carbons (Fsp3) is 0.625. The molecule has 1 saturated heterocycles. The van der Waals surface area contributed by atoms with Crippen molar-refractivity contribution < 1.29 is 0 Å². The van der Waals surface area contributed by atoms with Crippen molar-refractivity contribution in [1.29, 1.82) is 0 Å². The Morgan fingerprint density at radius 1 is 1.69 bits per heavy atom. The molecule has 0 bridgehead atoms. The van der Waals surface area contributed by atoms with Gasteiger partial charge < -0.3 is 10.3 Å². The van der Waals surface area contributed by atoms with E-state index in [0.29, 0.717) is 11.2 Å². The van der Waals surface area contributed by atoms with E-state index in [1.54, 1.807) is 6.20 Å². The molecule has 1 aromatic heterocycles. The van der Waals surface area contributed by atoms with Crippen molar-refractivity contribution >= 4 is 11.6 Å². The normalized spacial score (nSPS) is 19.0. The third kappa shape index (κ3) is 1.70. The molecule has 0 aromatic carbocycles. The number of aromatic nitrogens is 2. The minimum absolute atomic E-state index is 0.343. The highest BCUT2D eigenvalue weighted by atomic mass is 35.5. The molecule has 0 spiro atoms. The van der Waals surface area contributed by atoms with Crippen LogP contribution in [0.3, 0.4) is 0 Å². The summed E-state index contributed by atoms with van der Waals surface area (Å²) in [7, 11) is 1.92. The summed E-state index contributed by atoms with van der Waals surface area (Å²) < 4.78 is 1.89. The Morgan fingerprint density at radius 3 is 2.85 bits per heavy atom. The Hall–Kier alpha value is -0.580. The highest BCUT2D eigenvalue weighted by Crippen LogP contribution is 2.14. The Morgan fingerprint density at radius 2 is 2.38 bits per heavy atom. The average molecular weight is 201 g/mol. The largest absolute Gasteiger partial charge is 0.325 e. The van der Waals surface area contributed by atoms with Crippen LogP contribution < -0.4 is 5.73 Å². The number of nitrogens with zero attached hydrogens (tertiary/aromatic N) is 3. The van der Waals surface area contributed by atoms with Gasteiger partial charge in [0.25, 0.3) is 0 Å². The van der Waals surface area contributed by atoms with Crippen molar-refractivity contribution in [2.75, 3.05) is 13.1 Å². The van der Waals surface area contributed by atoms with Gasteiger partial charge in [-0.1, -0.05) is 11.6 Å². The van der Waals surface area contributed by atoms with Crippen LogP contribution in [0.2, 0.25) is 5.15 Å². The van der Waals surface area contributed by atoms with Crippen molar-refractivity contribution in [3.63, 3.8) is 0 Å². The van der Waals surface area contributed by atoms with Crippen LogP contribution in [0.5, 0.6) is 0 Å². The van der Waals surface area contributed by atoms with E-state index < -0.39 is 0 Å². The third-order valence-corrected chi connectivity index (χ3v) is 2.73. The summed E-state index contributed by atoms with van der Waals surface area (Å²) in [4.78, 5) is 6.46. The second-order valence-electron chi connectivity index (χ2n) is 3.51. The Balaban J connectivity index is 1.98.